The quantitative estimate of drug-likeness (QED) is 0.215. The molecule has 10 heteroatoms. The van der Waals surface area contributed by atoms with Gasteiger partial charge < -0.3 is 19.5 Å². The van der Waals surface area contributed by atoms with Crippen LogP contribution in [-0.2, 0) is 11.4 Å². The number of nitro benzene ring substituents is 1. The Labute approximate surface area is 203 Å². The lowest BCUT2D eigenvalue weighted by Gasteiger charge is -2.14. The number of nitrogens with one attached hydrogen (secondary N) is 1. The van der Waals surface area contributed by atoms with Crippen molar-refractivity contribution in [3.8, 4) is 17.2 Å². The number of rotatable bonds is 9. The van der Waals surface area contributed by atoms with Crippen molar-refractivity contribution < 1.29 is 28.3 Å². The van der Waals surface area contributed by atoms with Crippen molar-refractivity contribution in [3.63, 3.8) is 0 Å². The summed E-state index contributed by atoms with van der Waals surface area (Å²) in [6.45, 7) is 0.0102. The molecule has 0 atom stereocenters. The first-order valence-electron chi connectivity index (χ1n) is 9.87. The molecule has 1 N–H and O–H groups in total. The second-order valence-corrected chi connectivity index (χ2v) is 7.73. The normalized spacial score (nSPS) is 10.7. The maximum Gasteiger partial charge on any atom is 0.273 e. The number of non-ortho nitro benzene ring substituents is 1. The van der Waals surface area contributed by atoms with Crippen LogP contribution in [0.15, 0.2) is 65.1 Å². The van der Waals surface area contributed by atoms with Gasteiger partial charge in [0.1, 0.15) is 18.2 Å². The Balaban J connectivity index is 1.73. The van der Waals surface area contributed by atoms with Crippen LogP contribution >= 0.6 is 15.9 Å². The van der Waals surface area contributed by atoms with E-state index in [4.69, 9.17) is 14.2 Å². The van der Waals surface area contributed by atoms with Crippen molar-refractivity contribution in [2.75, 3.05) is 19.5 Å². The van der Waals surface area contributed by atoms with Gasteiger partial charge in [0.05, 0.1) is 35.4 Å². The summed E-state index contributed by atoms with van der Waals surface area (Å²) in [4.78, 5) is 22.7. The lowest BCUT2D eigenvalue weighted by Crippen LogP contribution is -2.09. The van der Waals surface area contributed by atoms with E-state index >= 15 is 0 Å². The number of ether oxygens (including phenoxy) is 3. The zero-order valence-corrected chi connectivity index (χ0v) is 19.8. The standard InChI is InChI=1S/C24H20BrFN2O6/c1-32-21-13-17(28(30)31)8-9-20(21)27-23(29)10-7-15-11-18(25)24(22(12-15)33-2)34-14-16-5-3-4-6-19(16)26/h3-13H,14H2,1-2H3,(H,27,29)/b10-7+. The van der Waals surface area contributed by atoms with Crippen LogP contribution in [0.1, 0.15) is 11.1 Å². The Morgan fingerprint density at radius 2 is 1.85 bits per heavy atom. The molecule has 176 valence electrons. The van der Waals surface area contributed by atoms with Gasteiger partial charge in [0.25, 0.3) is 5.69 Å². The SMILES string of the molecule is COc1cc([N+](=O)[O-])ccc1NC(=O)/C=C/c1cc(Br)c(OCc2ccccc2F)c(OC)c1. The van der Waals surface area contributed by atoms with Gasteiger partial charge in [0.15, 0.2) is 11.5 Å². The Morgan fingerprint density at radius 1 is 1.12 bits per heavy atom. The maximum atomic E-state index is 13.9. The van der Waals surface area contributed by atoms with Crippen molar-refractivity contribution in [2.45, 2.75) is 6.61 Å². The Hall–Kier alpha value is -3.92. The molecule has 0 aromatic heterocycles. The molecule has 0 aliphatic rings. The summed E-state index contributed by atoms with van der Waals surface area (Å²) in [7, 11) is 2.82. The molecule has 0 fully saturated rings. The fourth-order valence-electron chi connectivity index (χ4n) is 2.98. The highest BCUT2D eigenvalue weighted by Gasteiger charge is 2.14. The summed E-state index contributed by atoms with van der Waals surface area (Å²) in [5.74, 6) is 0.109. The number of carbonyl (C=O) groups excluding carboxylic acids is 1. The highest BCUT2D eigenvalue weighted by molar-refractivity contribution is 9.10. The van der Waals surface area contributed by atoms with Crippen LogP contribution in [-0.4, -0.2) is 25.1 Å². The zero-order chi connectivity index (χ0) is 24.7. The minimum atomic E-state index is -0.553. The first-order chi connectivity index (χ1) is 16.3. The summed E-state index contributed by atoms with van der Waals surface area (Å²) in [5, 5.41) is 13.5. The van der Waals surface area contributed by atoms with Gasteiger partial charge in [-0.05, 0) is 51.8 Å². The van der Waals surface area contributed by atoms with Crippen molar-refractivity contribution in [2.24, 2.45) is 0 Å². The van der Waals surface area contributed by atoms with E-state index in [1.54, 1.807) is 36.4 Å². The molecule has 1 amide bonds. The van der Waals surface area contributed by atoms with Crippen molar-refractivity contribution >= 4 is 39.3 Å². The molecular weight excluding hydrogens is 511 g/mol. The van der Waals surface area contributed by atoms with Gasteiger partial charge >= 0.3 is 0 Å². The average molecular weight is 531 g/mol. The molecule has 3 rings (SSSR count). The highest BCUT2D eigenvalue weighted by Crippen LogP contribution is 2.37. The molecule has 0 heterocycles. The van der Waals surface area contributed by atoms with Gasteiger partial charge in [-0.25, -0.2) is 4.39 Å². The van der Waals surface area contributed by atoms with E-state index in [0.29, 0.717) is 32.8 Å². The van der Waals surface area contributed by atoms with Gasteiger partial charge in [-0.1, -0.05) is 18.2 Å². The Kier molecular flexibility index (Phi) is 8.20. The first kappa shape index (κ1) is 24.7. The largest absolute Gasteiger partial charge is 0.494 e. The van der Waals surface area contributed by atoms with Gasteiger partial charge in [-0.15, -0.1) is 0 Å². The summed E-state index contributed by atoms with van der Waals surface area (Å²) in [5.41, 5.74) is 1.17. The summed E-state index contributed by atoms with van der Waals surface area (Å²) >= 11 is 3.42. The van der Waals surface area contributed by atoms with E-state index in [-0.39, 0.29) is 23.9 Å². The van der Waals surface area contributed by atoms with Crippen LogP contribution in [0.5, 0.6) is 17.2 Å². The number of methoxy groups -OCH3 is 2. The fraction of sp³-hybridized carbons (Fsp3) is 0.125. The van der Waals surface area contributed by atoms with Crippen molar-refractivity contribution in [1.29, 1.82) is 0 Å². The third kappa shape index (κ3) is 6.10. The van der Waals surface area contributed by atoms with E-state index in [1.165, 1.54) is 44.6 Å². The maximum absolute atomic E-state index is 13.9. The van der Waals surface area contributed by atoms with Gasteiger partial charge in [0.2, 0.25) is 5.91 Å². The molecule has 0 unspecified atom stereocenters. The number of amides is 1. The van der Waals surface area contributed by atoms with Crippen molar-refractivity contribution in [1.82, 2.24) is 0 Å². The molecule has 8 nitrogen and oxygen atoms in total. The van der Waals surface area contributed by atoms with Crippen LogP contribution in [0.25, 0.3) is 6.08 Å². The van der Waals surface area contributed by atoms with Crippen LogP contribution < -0.4 is 19.5 Å². The number of hydrogen-bond donors (Lipinski definition) is 1. The second kappa shape index (κ2) is 11.3. The molecule has 3 aromatic rings. The summed E-state index contributed by atoms with van der Waals surface area (Å²) < 4.78 is 30.7. The number of benzene rings is 3. The minimum Gasteiger partial charge on any atom is -0.494 e. The zero-order valence-electron chi connectivity index (χ0n) is 18.2. The summed E-state index contributed by atoms with van der Waals surface area (Å²) in [6.07, 6.45) is 2.85. The van der Waals surface area contributed by atoms with Gasteiger partial charge in [-0.3, -0.25) is 14.9 Å². The fourth-order valence-corrected chi connectivity index (χ4v) is 3.56. The monoisotopic (exact) mass is 530 g/mol. The van der Waals surface area contributed by atoms with Crippen molar-refractivity contribution in [3.05, 3.63) is 92.2 Å². The predicted molar refractivity (Wildman–Crippen MR) is 129 cm³/mol. The van der Waals surface area contributed by atoms with E-state index in [2.05, 4.69) is 21.2 Å². The third-order valence-electron chi connectivity index (χ3n) is 4.66. The predicted octanol–water partition coefficient (Wildman–Crippen LogP) is 5.74. The number of nitro groups is 1. The Bertz CT molecular complexity index is 1250. The van der Waals surface area contributed by atoms with Crippen LogP contribution in [0.4, 0.5) is 15.8 Å². The molecule has 34 heavy (non-hydrogen) atoms. The van der Waals surface area contributed by atoms with Crippen LogP contribution in [0.2, 0.25) is 0 Å². The molecule has 0 spiro atoms. The average Bonchev–Trinajstić information content (AvgIpc) is 2.82. The number of hydrogen-bond acceptors (Lipinski definition) is 6. The van der Waals surface area contributed by atoms with Gasteiger partial charge in [-0.2, -0.15) is 0 Å². The smallest absolute Gasteiger partial charge is 0.273 e. The molecule has 0 bridgehead atoms. The minimum absolute atomic E-state index is 0.0102. The summed E-state index contributed by atoms with van der Waals surface area (Å²) in [6, 6.07) is 13.6. The van der Waals surface area contributed by atoms with E-state index in [9.17, 15) is 19.3 Å². The molecule has 0 aliphatic carbocycles. The molecular formula is C24H20BrFN2O6. The third-order valence-corrected chi connectivity index (χ3v) is 5.25. The number of halogens is 2. The van der Waals surface area contributed by atoms with Gasteiger partial charge in [0, 0.05) is 17.7 Å². The second-order valence-electron chi connectivity index (χ2n) is 6.88. The molecule has 0 saturated heterocycles. The topological polar surface area (TPSA) is 99.9 Å². The highest BCUT2D eigenvalue weighted by atomic mass is 79.9. The molecule has 0 radical (unpaired) electrons. The lowest BCUT2D eigenvalue weighted by atomic mass is 10.1. The number of anilines is 1. The number of carbonyl (C=O) groups is 1. The van der Waals surface area contributed by atoms with E-state index in [1.807, 2.05) is 0 Å². The molecule has 0 aliphatic heterocycles. The number of nitrogens with zero attached hydrogens (tertiary/aromatic N) is 1. The first-order valence-corrected chi connectivity index (χ1v) is 10.7. The van der Waals surface area contributed by atoms with Crippen LogP contribution in [0, 0.1) is 15.9 Å². The van der Waals surface area contributed by atoms with E-state index < -0.39 is 10.8 Å². The van der Waals surface area contributed by atoms with Crippen LogP contribution in [0.3, 0.4) is 0 Å². The van der Waals surface area contributed by atoms with E-state index in [0.717, 1.165) is 0 Å². The molecule has 0 saturated carbocycles. The molecule has 3 aromatic carbocycles. The lowest BCUT2D eigenvalue weighted by molar-refractivity contribution is -0.384. The Morgan fingerprint density at radius 3 is 2.53 bits per heavy atom.